The van der Waals surface area contributed by atoms with Crippen molar-refractivity contribution < 1.29 is 14.3 Å². The lowest BCUT2D eigenvalue weighted by atomic mass is 9.73. The van der Waals surface area contributed by atoms with Crippen LogP contribution < -0.4 is 10.6 Å². The number of carbonyl (C=O) groups is 2. The summed E-state index contributed by atoms with van der Waals surface area (Å²) in [6.07, 6.45) is 9.19. The van der Waals surface area contributed by atoms with Gasteiger partial charge in [-0.3, -0.25) is 4.79 Å². The summed E-state index contributed by atoms with van der Waals surface area (Å²) in [5, 5.41) is 6.45. The molecule has 6 nitrogen and oxygen atoms in total. The molecule has 0 saturated carbocycles. The van der Waals surface area contributed by atoms with Gasteiger partial charge in [-0.15, -0.1) is 0 Å². The van der Waals surface area contributed by atoms with Crippen molar-refractivity contribution in [3.8, 4) is 0 Å². The molecule has 2 N–H and O–H groups in total. The molecule has 38 heavy (non-hydrogen) atoms. The largest absolute Gasteiger partial charge is 0.444 e. The van der Waals surface area contributed by atoms with Gasteiger partial charge < -0.3 is 20.3 Å². The number of halogens is 1. The Hall–Kier alpha value is -2.28. The minimum Gasteiger partial charge on any atom is -0.444 e. The van der Waals surface area contributed by atoms with E-state index in [9.17, 15) is 9.59 Å². The van der Waals surface area contributed by atoms with E-state index in [0.29, 0.717) is 37.3 Å². The van der Waals surface area contributed by atoms with Crippen molar-refractivity contribution >= 4 is 27.9 Å². The first kappa shape index (κ1) is 30.3. The summed E-state index contributed by atoms with van der Waals surface area (Å²) < 4.78 is 6.36. The number of aryl methyl sites for hydroxylation is 2. The van der Waals surface area contributed by atoms with E-state index in [2.05, 4.69) is 64.0 Å². The summed E-state index contributed by atoms with van der Waals surface area (Å²) in [5.74, 6) is 1.11. The molecule has 0 bridgehead atoms. The summed E-state index contributed by atoms with van der Waals surface area (Å²) in [7, 11) is 0. The summed E-state index contributed by atoms with van der Waals surface area (Å²) in [6, 6.07) is 7.27. The van der Waals surface area contributed by atoms with E-state index in [1.54, 1.807) is 0 Å². The van der Waals surface area contributed by atoms with Crippen LogP contribution in [0.2, 0.25) is 0 Å². The van der Waals surface area contributed by atoms with Gasteiger partial charge in [-0.1, -0.05) is 37.6 Å². The third kappa shape index (κ3) is 8.11. The van der Waals surface area contributed by atoms with Crippen LogP contribution in [0.4, 0.5) is 4.79 Å². The summed E-state index contributed by atoms with van der Waals surface area (Å²) >= 11 is 3.66. The number of alkyl carbamates (subject to hydrolysis) is 1. The number of ether oxygens (including phenoxy) is 1. The lowest BCUT2D eigenvalue weighted by molar-refractivity contribution is -0.132. The topological polar surface area (TPSA) is 70.7 Å². The quantitative estimate of drug-likeness (QED) is 0.375. The van der Waals surface area contributed by atoms with Crippen molar-refractivity contribution in [2.75, 3.05) is 19.6 Å². The van der Waals surface area contributed by atoms with Crippen molar-refractivity contribution in [1.82, 2.24) is 15.5 Å². The number of fused-ring (bicyclic) bond motifs is 2. The van der Waals surface area contributed by atoms with Crippen LogP contribution in [0.5, 0.6) is 0 Å². The van der Waals surface area contributed by atoms with Crippen LogP contribution in [0, 0.1) is 12.8 Å². The minimum atomic E-state index is -0.516. The smallest absolute Gasteiger partial charge is 0.407 e. The number of likely N-dealkylation sites (tertiary alicyclic amines) is 1. The summed E-state index contributed by atoms with van der Waals surface area (Å²) in [5.41, 5.74) is 5.23. The average Bonchev–Trinajstić information content (AvgIpc) is 3.03. The van der Waals surface area contributed by atoms with Gasteiger partial charge in [-0.05, 0) is 104 Å². The molecular weight excluding hydrogens is 542 g/mol. The molecule has 3 aliphatic rings. The number of piperidine rings is 1. The zero-order valence-electron chi connectivity index (χ0n) is 24.0. The molecule has 0 aromatic heterocycles. The molecule has 2 atom stereocenters. The molecule has 1 saturated heterocycles. The van der Waals surface area contributed by atoms with Gasteiger partial charge in [0.15, 0.2) is 0 Å². The number of nitrogens with one attached hydrogen (secondary N) is 2. The number of hydrogen-bond donors (Lipinski definition) is 2. The number of nitrogens with zero attached hydrogens (tertiary/aromatic N) is 1. The first-order valence-electron chi connectivity index (χ1n) is 14.3. The Morgan fingerprint density at radius 2 is 1.87 bits per heavy atom. The van der Waals surface area contributed by atoms with Gasteiger partial charge in [0.2, 0.25) is 5.91 Å². The molecule has 1 aliphatic carbocycles. The fraction of sp³-hybridized carbons (Fsp3) is 0.613. The van der Waals surface area contributed by atoms with Crippen LogP contribution in [0.15, 0.2) is 40.5 Å². The van der Waals surface area contributed by atoms with Crippen molar-refractivity contribution in [2.45, 2.75) is 97.6 Å². The number of dihydropyridines is 1. The Kier molecular flexibility index (Phi) is 10.9. The maximum absolute atomic E-state index is 12.9. The Morgan fingerprint density at radius 1 is 1.16 bits per heavy atom. The lowest BCUT2D eigenvalue weighted by Crippen LogP contribution is -2.44. The second-order valence-corrected chi connectivity index (χ2v) is 12.3. The van der Waals surface area contributed by atoms with Gasteiger partial charge in [0.05, 0.1) is 6.04 Å². The van der Waals surface area contributed by atoms with Gasteiger partial charge in [-0.25, -0.2) is 4.79 Å². The fourth-order valence-corrected chi connectivity index (χ4v) is 6.24. The lowest BCUT2D eigenvalue weighted by Gasteiger charge is -2.41. The van der Waals surface area contributed by atoms with Gasteiger partial charge in [0.25, 0.3) is 0 Å². The molecule has 7 heteroatoms. The third-order valence-corrected chi connectivity index (χ3v) is 7.92. The monoisotopic (exact) mass is 587 g/mol. The van der Waals surface area contributed by atoms with Crippen molar-refractivity contribution in [3.63, 3.8) is 0 Å². The molecule has 1 aromatic rings. The Morgan fingerprint density at radius 3 is 2.55 bits per heavy atom. The van der Waals surface area contributed by atoms with Crippen LogP contribution in [-0.4, -0.2) is 48.2 Å². The van der Waals surface area contributed by atoms with Crippen LogP contribution in [0.3, 0.4) is 0 Å². The number of benzene rings is 1. The molecule has 2 aliphatic heterocycles. The predicted molar refractivity (Wildman–Crippen MR) is 158 cm³/mol. The molecule has 2 heterocycles. The molecule has 4 rings (SSSR count). The molecule has 0 spiro atoms. The van der Waals surface area contributed by atoms with E-state index in [1.165, 1.54) is 22.3 Å². The van der Waals surface area contributed by atoms with E-state index in [-0.39, 0.29) is 5.91 Å². The molecular formula is C31H46BrN3O3. The number of hydrogen-bond acceptors (Lipinski definition) is 4. The third-order valence-electron chi connectivity index (χ3n) is 7.46. The van der Waals surface area contributed by atoms with E-state index < -0.39 is 11.7 Å². The Balaban J connectivity index is 0.00000195. The highest BCUT2D eigenvalue weighted by molar-refractivity contribution is 9.11. The normalized spacial score (nSPS) is 21.3. The van der Waals surface area contributed by atoms with E-state index >= 15 is 0 Å². The SMILES string of the molecule is CC.Cc1ccc2c(c1)CCC1=CC(Br)=CNC1C2C1CCN(C(=O)CCCNC(=O)OC(C)(C)C)CC1. The fourth-order valence-electron chi connectivity index (χ4n) is 5.82. The van der Waals surface area contributed by atoms with E-state index in [4.69, 9.17) is 4.74 Å². The van der Waals surface area contributed by atoms with Crippen molar-refractivity contribution in [3.05, 3.63) is 57.2 Å². The summed E-state index contributed by atoms with van der Waals surface area (Å²) in [4.78, 5) is 26.7. The minimum absolute atomic E-state index is 0.180. The Bertz CT molecular complexity index is 1040. The summed E-state index contributed by atoms with van der Waals surface area (Å²) in [6.45, 7) is 13.7. The van der Waals surface area contributed by atoms with Crippen LogP contribution in [-0.2, 0) is 16.0 Å². The molecule has 2 amide bonds. The van der Waals surface area contributed by atoms with E-state index in [0.717, 1.165) is 43.3 Å². The second-order valence-electron chi connectivity index (χ2n) is 11.4. The van der Waals surface area contributed by atoms with Crippen LogP contribution >= 0.6 is 15.9 Å². The number of carbonyl (C=O) groups excluding carboxylic acids is 2. The zero-order valence-corrected chi connectivity index (χ0v) is 25.6. The molecule has 210 valence electrons. The Labute approximate surface area is 237 Å². The van der Waals surface area contributed by atoms with Gasteiger partial charge in [0.1, 0.15) is 5.60 Å². The highest BCUT2D eigenvalue weighted by Crippen LogP contribution is 2.44. The van der Waals surface area contributed by atoms with Gasteiger partial charge in [0, 0.05) is 42.7 Å². The second kappa shape index (κ2) is 13.7. The van der Waals surface area contributed by atoms with Crippen molar-refractivity contribution in [2.24, 2.45) is 5.92 Å². The standard InChI is InChI=1S/C29H40BrN3O3.C2H6/c1-19-7-10-24-21(16-19)8-9-22-17-23(30)18-32-27(22)26(24)20-11-14-33(15-12-20)25(34)6-5-13-31-28(35)36-29(2,3)4;1-2/h7,10,16-18,20,26-27,32H,5-6,8-9,11-15H2,1-4H3,(H,31,35);1-2H3. The zero-order chi connectivity index (χ0) is 27.9. The van der Waals surface area contributed by atoms with Crippen molar-refractivity contribution in [1.29, 1.82) is 0 Å². The molecule has 0 radical (unpaired) electrons. The number of rotatable bonds is 5. The van der Waals surface area contributed by atoms with Gasteiger partial charge >= 0.3 is 6.09 Å². The van der Waals surface area contributed by atoms with Crippen LogP contribution in [0.25, 0.3) is 0 Å². The first-order valence-corrected chi connectivity index (χ1v) is 15.1. The van der Waals surface area contributed by atoms with Crippen LogP contribution in [0.1, 0.15) is 89.3 Å². The maximum Gasteiger partial charge on any atom is 0.407 e. The highest BCUT2D eigenvalue weighted by Gasteiger charge is 2.38. The predicted octanol–water partition coefficient (Wildman–Crippen LogP) is 6.73. The van der Waals surface area contributed by atoms with Gasteiger partial charge in [-0.2, -0.15) is 0 Å². The number of amides is 2. The maximum atomic E-state index is 12.9. The molecule has 1 aromatic carbocycles. The first-order chi connectivity index (χ1) is 18.1. The average molecular weight is 589 g/mol. The molecule has 2 unspecified atom stereocenters. The molecule has 1 fully saturated rings. The van der Waals surface area contributed by atoms with E-state index in [1.807, 2.05) is 39.5 Å². The highest BCUT2D eigenvalue weighted by atomic mass is 79.9. The number of allylic oxidation sites excluding steroid dienone is 2.